The lowest BCUT2D eigenvalue weighted by molar-refractivity contribution is 0.0997. The molecule has 0 fully saturated rings. The van der Waals surface area contributed by atoms with Gasteiger partial charge in [-0.3, -0.25) is 9.59 Å². The maximum atomic E-state index is 13.9. The molecule has 218 valence electrons. The largest absolute Gasteiger partial charge is 0.493 e. The van der Waals surface area contributed by atoms with Gasteiger partial charge in [-0.25, -0.2) is 0 Å². The van der Waals surface area contributed by atoms with Crippen molar-refractivity contribution in [3.8, 4) is 34.5 Å². The van der Waals surface area contributed by atoms with Crippen LogP contribution < -0.4 is 33.7 Å². The van der Waals surface area contributed by atoms with Crippen molar-refractivity contribution in [1.29, 1.82) is 0 Å². The average Bonchev–Trinajstić information content (AvgIpc) is 3.27. The van der Waals surface area contributed by atoms with E-state index in [-0.39, 0.29) is 18.5 Å². The van der Waals surface area contributed by atoms with Crippen molar-refractivity contribution >= 4 is 39.4 Å². The number of fused-ring (bicyclic) bond motifs is 3. The Bertz CT molecular complexity index is 1620. The van der Waals surface area contributed by atoms with Crippen molar-refractivity contribution in [2.75, 3.05) is 53.1 Å². The smallest absolute Gasteiger partial charge is 0.255 e. The molecule has 11 heteroatoms. The minimum atomic E-state index is -0.376. The summed E-state index contributed by atoms with van der Waals surface area (Å²) in [6.07, 6.45) is 3.21. The number of ketones is 1. The van der Waals surface area contributed by atoms with E-state index in [1.54, 1.807) is 43.5 Å². The highest BCUT2D eigenvalue weighted by Gasteiger charge is 2.32. The first-order valence-corrected chi connectivity index (χ1v) is 14.2. The lowest BCUT2D eigenvalue weighted by atomic mass is 10.0. The Morgan fingerprint density at radius 2 is 1.76 bits per heavy atom. The number of carbonyl (C=O) groups excluding carboxylic acids is 2. The molecule has 3 aliphatic heterocycles. The van der Waals surface area contributed by atoms with E-state index in [2.05, 4.69) is 21.2 Å². The molecule has 0 aromatic heterocycles. The second-order valence-corrected chi connectivity index (χ2v) is 10.7. The molecule has 0 unspecified atom stereocenters. The van der Waals surface area contributed by atoms with Gasteiger partial charge in [0.2, 0.25) is 24.1 Å². The van der Waals surface area contributed by atoms with Crippen LogP contribution in [0.5, 0.6) is 34.5 Å². The van der Waals surface area contributed by atoms with Crippen LogP contribution in [0.25, 0.3) is 6.08 Å². The van der Waals surface area contributed by atoms with E-state index in [0.717, 1.165) is 22.0 Å². The van der Waals surface area contributed by atoms with Crippen LogP contribution in [0.4, 0.5) is 5.69 Å². The third-order valence-electron chi connectivity index (χ3n) is 7.36. The van der Waals surface area contributed by atoms with E-state index in [4.69, 9.17) is 28.4 Å². The molecule has 0 radical (unpaired) electrons. The van der Waals surface area contributed by atoms with Gasteiger partial charge >= 0.3 is 0 Å². The topological polar surface area (TPSA) is 105 Å². The maximum absolute atomic E-state index is 13.9. The highest BCUT2D eigenvalue weighted by Crippen LogP contribution is 2.52. The third kappa shape index (κ3) is 4.98. The number of Topliss-reactive ketones (excluding diaryl/α,β-unsaturated/α-hetero) is 1. The molecular formula is C31H29BrN2O8. The van der Waals surface area contributed by atoms with E-state index in [0.29, 0.717) is 83.2 Å². The van der Waals surface area contributed by atoms with Crippen LogP contribution in [-0.4, -0.2) is 64.4 Å². The number of benzene rings is 3. The fourth-order valence-corrected chi connectivity index (χ4v) is 5.93. The van der Waals surface area contributed by atoms with Gasteiger partial charge in [0.05, 0.1) is 37.6 Å². The first kappa shape index (κ1) is 27.8. The lowest BCUT2D eigenvalue weighted by Crippen LogP contribution is -2.24. The normalized spacial score (nSPS) is 15.1. The Kier molecular flexibility index (Phi) is 7.59. The van der Waals surface area contributed by atoms with Crippen LogP contribution in [0.15, 0.2) is 46.6 Å². The Morgan fingerprint density at radius 1 is 0.952 bits per heavy atom. The van der Waals surface area contributed by atoms with Crippen LogP contribution in [-0.2, 0) is 6.42 Å². The number of nitrogens with one attached hydrogen (secondary N) is 1. The summed E-state index contributed by atoms with van der Waals surface area (Å²) in [6.45, 7) is 1.67. The highest BCUT2D eigenvalue weighted by molar-refractivity contribution is 9.10. The summed E-state index contributed by atoms with van der Waals surface area (Å²) < 4.78 is 34.9. The molecule has 0 atom stereocenters. The molecule has 10 nitrogen and oxygen atoms in total. The fraction of sp³-hybridized carbons (Fsp3) is 0.290. The molecule has 3 aliphatic rings. The second-order valence-electron chi connectivity index (χ2n) is 9.93. The number of hydrogen-bond donors (Lipinski definition) is 1. The number of likely N-dealkylation sites (N-methyl/N-ethyl adjacent to an activating group) is 1. The Labute approximate surface area is 251 Å². The summed E-state index contributed by atoms with van der Waals surface area (Å²) in [6, 6.07) is 10.1. The zero-order chi connectivity index (χ0) is 29.4. The standard InChI is InChI=1S/C31H29BrN2O8/c1-34-9-8-20-21(27(38-3)30-29(25(20)32)41-16-42-30)15-22(34)26(35)17-6-4-7-19(12-17)33-31(36)18-13-23(37-2)28-24(14-18)39-10-5-11-40-28/h4,6-7,12-15H,5,8-11,16H2,1-3H3,(H,33,36). The molecule has 0 bridgehead atoms. The van der Waals surface area contributed by atoms with Crippen molar-refractivity contribution in [2.45, 2.75) is 12.8 Å². The molecule has 0 saturated heterocycles. The van der Waals surface area contributed by atoms with Crippen molar-refractivity contribution in [2.24, 2.45) is 0 Å². The molecule has 0 aliphatic carbocycles. The maximum Gasteiger partial charge on any atom is 0.255 e. The third-order valence-corrected chi connectivity index (χ3v) is 8.20. The van der Waals surface area contributed by atoms with Gasteiger partial charge in [-0.05, 0) is 58.3 Å². The molecule has 3 aromatic carbocycles. The van der Waals surface area contributed by atoms with Gasteiger partial charge in [-0.1, -0.05) is 12.1 Å². The number of ether oxygens (including phenoxy) is 6. The van der Waals surface area contributed by atoms with Crippen LogP contribution in [0.3, 0.4) is 0 Å². The molecule has 1 amide bonds. The molecule has 6 rings (SSSR count). The number of anilines is 1. The molecule has 3 heterocycles. The van der Waals surface area contributed by atoms with Crippen LogP contribution >= 0.6 is 15.9 Å². The Balaban J connectivity index is 1.30. The first-order chi connectivity index (χ1) is 20.4. The van der Waals surface area contributed by atoms with E-state index in [1.807, 2.05) is 18.0 Å². The van der Waals surface area contributed by atoms with E-state index in [9.17, 15) is 9.59 Å². The van der Waals surface area contributed by atoms with Gasteiger partial charge in [0.15, 0.2) is 23.0 Å². The zero-order valence-electron chi connectivity index (χ0n) is 23.4. The van der Waals surface area contributed by atoms with Gasteiger partial charge < -0.3 is 38.6 Å². The molecular weight excluding hydrogens is 608 g/mol. The minimum absolute atomic E-state index is 0.0974. The molecule has 3 aromatic rings. The van der Waals surface area contributed by atoms with Crippen LogP contribution in [0.2, 0.25) is 0 Å². The Morgan fingerprint density at radius 3 is 2.57 bits per heavy atom. The molecule has 0 saturated carbocycles. The summed E-state index contributed by atoms with van der Waals surface area (Å²) in [5, 5.41) is 2.89. The number of allylic oxidation sites excluding steroid dienone is 1. The van der Waals surface area contributed by atoms with Gasteiger partial charge in [0.25, 0.3) is 5.91 Å². The number of methoxy groups -OCH3 is 2. The first-order valence-electron chi connectivity index (χ1n) is 13.4. The number of amides is 1. The van der Waals surface area contributed by atoms with E-state index < -0.39 is 0 Å². The monoisotopic (exact) mass is 636 g/mol. The summed E-state index contributed by atoms with van der Waals surface area (Å²) in [5.74, 6) is 2.40. The van der Waals surface area contributed by atoms with Gasteiger partial charge in [-0.2, -0.15) is 0 Å². The summed E-state index contributed by atoms with van der Waals surface area (Å²) in [4.78, 5) is 29.1. The van der Waals surface area contributed by atoms with Crippen molar-refractivity contribution < 1.29 is 38.0 Å². The fourth-order valence-electron chi connectivity index (χ4n) is 5.22. The number of halogens is 1. The number of nitrogens with zero attached hydrogens (tertiary/aromatic N) is 1. The van der Waals surface area contributed by atoms with Crippen LogP contribution in [0, 0.1) is 0 Å². The Hall–Kier alpha value is -4.38. The highest BCUT2D eigenvalue weighted by atomic mass is 79.9. The molecule has 0 spiro atoms. The summed E-state index contributed by atoms with van der Waals surface area (Å²) in [7, 11) is 4.96. The lowest BCUT2D eigenvalue weighted by Gasteiger charge is -2.20. The molecule has 42 heavy (non-hydrogen) atoms. The van der Waals surface area contributed by atoms with Gasteiger partial charge in [-0.15, -0.1) is 0 Å². The number of carbonyl (C=O) groups is 2. The molecule has 1 N–H and O–H groups in total. The van der Waals surface area contributed by atoms with E-state index >= 15 is 0 Å². The predicted octanol–water partition coefficient (Wildman–Crippen LogP) is 5.32. The van der Waals surface area contributed by atoms with Crippen LogP contribution in [0.1, 0.15) is 38.3 Å². The summed E-state index contributed by atoms with van der Waals surface area (Å²) >= 11 is 3.67. The summed E-state index contributed by atoms with van der Waals surface area (Å²) in [5.41, 5.74) is 3.44. The van der Waals surface area contributed by atoms with Crippen molar-refractivity contribution in [3.63, 3.8) is 0 Å². The zero-order valence-corrected chi connectivity index (χ0v) is 25.0. The number of rotatable bonds is 6. The van der Waals surface area contributed by atoms with Gasteiger partial charge in [0, 0.05) is 42.4 Å². The van der Waals surface area contributed by atoms with Crippen molar-refractivity contribution in [3.05, 3.63) is 68.8 Å². The van der Waals surface area contributed by atoms with Gasteiger partial charge in [0.1, 0.15) is 0 Å². The minimum Gasteiger partial charge on any atom is -0.493 e. The SMILES string of the molecule is COc1cc(C(=O)Nc2cccc(C(=O)C3=Cc4c(c(Br)c5c(c4OC)OCO5)CCN3C)c2)cc2c1OCCCO2. The van der Waals surface area contributed by atoms with E-state index in [1.165, 1.54) is 7.11 Å². The predicted molar refractivity (Wildman–Crippen MR) is 158 cm³/mol. The quantitative estimate of drug-likeness (QED) is 0.360. The number of hydrogen-bond acceptors (Lipinski definition) is 9. The second kappa shape index (κ2) is 11.5. The van der Waals surface area contributed by atoms with Crippen molar-refractivity contribution in [1.82, 2.24) is 4.90 Å². The average molecular weight is 637 g/mol.